The summed E-state index contributed by atoms with van der Waals surface area (Å²) >= 11 is 0. The van der Waals surface area contributed by atoms with Crippen LogP contribution >= 0.6 is 0 Å². The predicted octanol–water partition coefficient (Wildman–Crippen LogP) is 6.19. The quantitative estimate of drug-likeness (QED) is 0.307. The Labute approximate surface area is 196 Å². The van der Waals surface area contributed by atoms with Crippen molar-refractivity contribution in [1.29, 1.82) is 0 Å². The van der Waals surface area contributed by atoms with Gasteiger partial charge in [-0.1, -0.05) is 48.6 Å². The molecule has 33 heavy (non-hydrogen) atoms. The highest BCUT2D eigenvalue weighted by Gasteiger charge is 2.44. The molecular formula is C27H31N3O2Si. The largest absolute Gasteiger partial charge is 0.403 e. The van der Waals surface area contributed by atoms with E-state index in [1.54, 1.807) is 0 Å². The average Bonchev–Trinajstić information content (AvgIpc) is 3.10. The van der Waals surface area contributed by atoms with Gasteiger partial charge in [-0.25, -0.2) is 4.98 Å². The van der Waals surface area contributed by atoms with Gasteiger partial charge in [-0.3, -0.25) is 4.79 Å². The van der Waals surface area contributed by atoms with Crippen LogP contribution in [0.2, 0.25) is 18.1 Å². The number of anilines is 1. The minimum atomic E-state index is -2.42. The number of aromatic nitrogens is 2. The minimum absolute atomic E-state index is 0.0209. The number of imidazole rings is 1. The highest BCUT2D eigenvalue weighted by Crippen LogP contribution is 2.40. The van der Waals surface area contributed by atoms with E-state index in [9.17, 15) is 4.79 Å². The Morgan fingerprint density at radius 1 is 1.06 bits per heavy atom. The molecule has 6 heteroatoms. The third-order valence-corrected chi connectivity index (χ3v) is 10.3. The van der Waals surface area contributed by atoms with Gasteiger partial charge in [0.15, 0.2) is 11.4 Å². The second-order valence-corrected chi connectivity index (χ2v) is 12.5. The molecule has 2 aromatic heterocycles. The number of nitrogens with zero attached hydrogens (tertiary/aromatic N) is 2. The Morgan fingerprint density at radius 3 is 2.30 bits per heavy atom. The van der Waals surface area contributed by atoms with Crippen LogP contribution < -0.4 is 5.32 Å². The molecule has 0 saturated carbocycles. The molecule has 0 bridgehead atoms. The second-order valence-electron chi connectivity index (χ2n) is 8.68. The third-order valence-electron chi connectivity index (χ3n) is 6.48. The molecule has 0 radical (unpaired) electrons. The van der Waals surface area contributed by atoms with Gasteiger partial charge in [-0.2, -0.15) is 0 Å². The lowest BCUT2D eigenvalue weighted by Gasteiger charge is -2.40. The molecule has 1 aliphatic heterocycles. The first-order valence-electron chi connectivity index (χ1n) is 11.3. The number of carbonyl (C=O) groups excluding carboxylic acids is 1. The maximum Gasteiger partial charge on any atom is 0.205 e. The summed E-state index contributed by atoms with van der Waals surface area (Å²) in [5.74, 6) is -0.0209. The minimum Gasteiger partial charge on any atom is -0.403 e. The molecule has 0 fully saturated rings. The third kappa shape index (κ3) is 4.12. The van der Waals surface area contributed by atoms with Crippen LogP contribution in [0.4, 0.5) is 5.69 Å². The molecule has 5 nitrogen and oxygen atoms in total. The Balaban J connectivity index is 1.86. The molecule has 3 aromatic rings. The van der Waals surface area contributed by atoms with Crippen molar-refractivity contribution in [3.05, 3.63) is 103 Å². The fourth-order valence-electron chi connectivity index (χ4n) is 4.71. The van der Waals surface area contributed by atoms with Crippen LogP contribution in [0.25, 0.3) is 5.65 Å². The smallest absolute Gasteiger partial charge is 0.205 e. The molecule has 1 N–H and O–H groups in total. The van der Waals surface area contributed by atoms with Crippen LogP contribution in [-0.2, 0) is 4.43 Å². The number of rotatable bonds is 9. The number of ketones is 1. The van der Waals surface area contributed by atoms with E-state index < -0.39 is 14.4 Å². The number of Topliss-reactive ketones (excluding diaryl/α,β-unsaturated/α-hetero) is 1. The zero-order valence-corrected chi connectivity index (χ0v) is 20.4. The summed E-state index contributed by atoms with van der Waals surface area (Å²) in [4.78, 5) is 18.7. The van der Waals surface area contributed by atoms with Crippen LogP contribution in [0.15, 0.2) is 80.6 Å². The molecule has 4 rings (SSSR count). The Bertz CT molecular complexity index is 1190. The standard InChI is InChI=1S/C27H31N3O2Si/c1-6-16-33(17-7-2,18-8-3)32-26-23(21-12-10-9-11-13-21)29-24-22(25(26)31)14-15-30-20(5)19(4)28-27(24)30/h6-15,23,26,29H,1-3,16-18H2,4-5H3. The summed E-state index contributed by atoms with van der Waals surface area (Å²) in [6.07, 6.45) is 6.94. The van der Waals surface area contributed by atoms with E-state index >= 15 is 0 Å². The van der Waals surface area contributed by atoms with Gasteiger partial charge in [0, 0.05) is 17.5 Å². The van der Waals surface area contributed by atoms with Crippen molar-refractivity contribution in [2.24, 2.45) is 0 Å². The lowest BCUT2D eigenvalue weighted by molar-refractivity contribution is 0.0727. The van der Waals surface area contributed by atoms with Crippen LogP contribution in [0.3, 0.4) is 0 Å². The maximum atomic E-state index is 14.0. The van der Waals surface area contributed by atoms with Crippen molar-refractivity contribution in [2.45, 2.75) is 44.1 Å². The van der Waals surface area contributed by atoms with Crippen molar-refractivity contribution in [3.63, 3.8) is 0 Å². The van der Waals surface area contributed by atoms with Crippen molar-refractivity contribution >= 4 is 25.4 Å². The normalized spacial score (nSPS) is 17.9. The first-order chi connectivity index (χ1) is 15.9. The number of hydrogen-bond donors (Lipinski definition) is 1. The molecular weight excluding hydrogens is 426 g/mol. The van der Waals surface area contributed by atoms with E-state index in [1.165, 1.54) is 0 Å². The molecule has 1 aromatic carbocycles. The topological polar surface area (TPSA) is 55.6 Å². The van der Waals surface area contributed by atoms with Gasteiger partial charge < -0.3 is 14.1 Å². The number of fused-ring (bicyclic) bond motifs is 3. The molecule has 170 valence electrons. The van der Waals surface area contributed by atoms with Gasteiger partial charge in [0.25, 0.3) is 0 Å². The van der Waals surface area contributed by atoms with Crippen LogP contribution in [0, 0.1) is 13.8 Å². The SMILES string of the molecule is C=CC[Si](CC=C)(CC=C)OC1C(=O)c2ccn3c(C)c(C)nc3c2NC1c1ccccc1. The number of carbonyl (C=O) groups is 1. The highest BCUT2D eigenvalue weighted by molar-refractivity contribution is 6.75. The van der Waals surface area contributed by atoms with Gasteiger partial charge >= 0.3 is 0 Å². The lowest BCUT2D eigenvalue weighted by Crippen LogP contribution is -2.49. The molecule has 1 aliphatic rings. The molecule has 0 saturated heterocycles. The van der Waals surface area contributed by atoms with E-state index in [2.05, 4.69) is 25.1 Å². The van der Waals surface area contributed by atoms with E-state index in [1.807, 2.05) is 79.1 Å². The molecule has 0 aliphatic carbocycles. The molecule has 3 heterocycles. The predicted molar refractivity (Wildman–Crippen MR) is 137 cm³/mol. The van der Waals surface area contributed by atoms with Gasteiger partial charge in [0.1, 0.15) is 6.10 Å². The summed E-state index contributed by atoms with van der Waals surface area (Å²) in [6.45, 7) is 15.9. The van der Waals surface area contributed by atoms with Crippen molar-refractivity contribution < 1.29 is 9.22 Å². The first-order valence-corrected chi connectivity index (χ1v) is 13.8. The van der Waals surface area contributed by atoms with Crippen LogP contribution in [0.5, 0.6) is 0 Å². The number of benzene rings is 1. The number of aryl methyl sites for hydroxylation is 2. The zero-order chi connectivity index (χ0) is 23.6. The van der Waals surface area contributed by atoms with E-state index in [-0.39, 0.29) is 11.8 Å². The first kappa shape index (κ1) is 23.0. The summed E-state index contributed by atoms with van der Waals surface area (Å²) in [7, 11) is -2.42. The van der Waals surface area contributed by atoms with Gasteiger partial charge in [-0.15, -0.1) is 19.7 Å². The van der Waals surface area contributed by atoms with Crippen molar-refractivity contribution in [2.75, 3.05) is 5.32 Å². The van der Waals surface area contributed by atoms with E-state index in [4.69, 9.17) is 9.41 Å². The molecule has 2 unspecified atom stereocenters. The Morgan fingerprint density at radius 2 is 1.70 bits per heavy atom. The summed E-state index contributed by atoms with van der Waals surface area (Å²) < 4.78 is 8.89. The molecule has 2 atom stereocenters. The molecule has 0 amide bonds. The number of pyridine rings is 1. The summed E-state index contributed by atoms with van der Waals surface area (Å²) in [6, 6.07) is 13.7. The molecule has 0 spiro atoms. The van der Waals surface area contributed by atoms with Gasteiger partial charge in [0.05, 0.1) is 17.4 Å². The zero-order valence-electron chi connectivity index (χ0n) is 19.4. The number of hydrogen-bond acceptors (Lipinski definition) is 4. The Kier molecular flexibility index (Phi) is 6.49. The Hall–Kier alpha value is -3.22. The fourth-order valence-corrected chi connectivity index (χ4v) is 7.86. The number of allylic oxidation sites excluding steroid dienone is 3. The van der Waals surface area contributed by atoms with Gasteiger partial charge in [0.2, 0.25) is 8.32 Å². The van der Waals surface area contributed by atoms with E-state index in [0.717, 1.165) is 46.4 Å². The van der Waals surface area contributed by atoms with Crippen molar-refractivity contribution in [3.8, 4) is 0 Å². The highest BCUT2D eigenvalue weighted by atomic mass is 28.4. The second kappa shape index (κ2) is 9.33. The fraction of sp³-hybridized carbons (Fsp3) is 0.259. The summed E-state index contributed by atoms with van der Waals surface area (Å²) in [5, 5.41) is 3.64. The maximum absolute atomic E-state index is 14.0. The van der Waals surface area contributed by atoms with E-state index in [0.29, 0.717) is 5.56 Å². The number of nitrogens with one attached hydrogen (secondary N) is 1. The lowest BCUT2D eigenvalue weighted by atomic mass is 9.90. The summed E-state index contributed by atoms with van der Waals surface area (Å²) in [5.41, 5.74) is 5.15. The average molecular weight is 458 g/mol. The van der Waals surface area contributed by atoms with Crippen LogP contribution in [-0.4, -0.2) is 29.6 Å². The van der Waals surface area contributed by atoms with Gasteiger partial charge in [-0.05, 0) is 43.6 Å². The monoisotopic (exact) mass is 457 g/mol. The van der Waals surface area contributed by atoms with Crippen LogP contribution in [0.1, 0.15) is 33.4 Å². The van der Waals surface area contributed by atoms with Crippen molar-refractivity contribution in [1.82, 2.24) is 9.38 Å².